The van der Waals surface area contributed by atoms with E-state index in [4.69, 9.17) is 48.7 Å². The molecule has 408 valence electrons. The molecule has 5 aromatic rings. The first-order valence-corrected chi connectivity index (χ1v) is 27.8. The molecule has 3 saturated heterocycles. The van der Waals surface area contributed by atoms with Gasteiger partial charge in [0.05, 0.1) is 51.1 Å². The van der Waals surface area contributed by atoms with Crippen molar-refractivity contribution >= 4 is 65.0 Å². The van der Waals surface area contributed by atoms with Gasteiger partial charge in [0.25, 0.3) is 16.7 Å². The number of hydrogen-bond acceptors (Lipinski definition) is 26. The quantitative estimate of drug-likeness (QED) is 0.0243. The van der Waals surface area contributed by atoms with Gasteiger partial charge in [-0.3, -0.25) is 37.7 Å². The van der Waals surface area contributed by atoms with Crippen molar-refractivity contribution in [1.29, 1.82) is 0 Å². The van der Waals surface area contributed by atoms with Crippen molar-refractivity contribution in [3.8, 4) is 0 Å². The zero-order chi connectivity index (χ0) is 53.8. The Balaban J connectivity index is 0.959. The number of phosphoric acid groups is 1. The number of hydrogen-bond donors (Lipinski definition) is 11. The highest BCUT2D eigenvalue weighted by atomic mass is 31.3. The van der Waals surface area contributed by atoms with E-state index in [1.54, 1.807) is 0 Å². The Labute approximate surface area is 413 Å². The lowest BCUT2D eigenvalue weighted by Crippen LogP contribution is -2.40. The number of aromatic nitrogens is 10. The summed E-state index contributed by atoms with van der Waals surface area (Å²) in [5.74, 6) is -1.27. The third-order valence-electron chi connectivity index (χ3n) is 12.0. The van der Waals surface area contributed by atoms with E-state index >= 15 is 0 Å². The van der Waals surface area contributed by atoms with Gasteiger partial charge >= 0.3 is 34.6 Å². The van der Waals surface area contributed by atoms with Crippen LogP contribution in [0.3, 0.4) is 0 Å². The summed E-state index contributed by atoms with van der Waals surface area (Å²) in [6, 6.07) is 0.921. The first kappa shape index (κ1) is 55.6. The number of fused-ring (bicyclic) bond motifs is 2. The molecule has 8 rings (SSSR count). The van der Waals surface area contributed by atoms with Gasteiger partial charge in [0.15, 0.2) is 23.9 Å². The van der Waals surface area contributed by atoms with Crippen LogP contribution in [0.1, 0.15) is 25.1 Å². The molecule has 5 unspecified atom stereocenters. The van der Waals surface area contributed by atoms with Crippen LogP contribution in [0.25, 0.3) is 22.3 Å². The van der Waals surface area contributed by atoms with E-state index in [1.165, 1.54) is 34.5 Å². The predicted molar refractivity (Wildman–Crippen MR) is 240 cm³/mol. The number of rotatable bonds is 21. The van der Waals surface area contributed by atoms with Crippen molar-refractivity contribution in [2.75, 3.05) is 52.1 Å². The number of aryl methyl sites for hydroxylation is 1. The normalized spacial score (nSPS) is 30.6. The molecule has 5 aromatic heterocycles. The largest absolute Gasteiger partial charge is 0.778 e. The van der Waals surface area contributed by atoms with Crippen LogP contribution in [0, 0.1) is 5.92 Å². The van der Waals surface area contributed by atoms with Crippen LogP contribution >= 0.6 is 30.9 Å². The molecule has 3 aliphatic heterocycles. The maximum Gasteiger partial charge on any atom is 0.480 e. The van der Waals surface area contributed by atoms with Crippen molar-refractivity contribution in [3.63, 3.8) is 0 Å². The van der Waals surface area contributed by atoms with Crippen LogP contribution in [0.4, 0.5) is 11.8 Å². The minimum Gasteiger partial charge on any atom is -0.778 e. The molecule has 0 bridgehead atoms. The Bertz CT molecular complexity index is 3260. The number of imidazole rings is 2. The van der Waals surface area contributed by atoms with Crippen LogP contribution in [-0.2, 0) is 66.9 Å². The summed E-state index contributed by atoms with van der Waals surface area (Å²) in [5, 5.41) is 32.8. The van der Waals surface area contributed by atoms with Gasteiger partial charge in [-0.1, -0.05) is 0 Å². The molecular weight excluding hydrogens is 1080 g/mol. The van der Waals surface area contributed by atoms with Crippen molar-refractivity contribution in [3.05, 3.63) is 62.4 Å². The van der Waals surface area contributed by atoms with Gasteiger partial charge < -0.3 is 79.1 Å². The van der Waals surface area contributed by atoms with Crippen LogP contribution in [0.15, 0.2) is 45.6 Å². The molecule has 0 aliphatic carbocycles. The fourth-order valence-electron chi connectivity index (χ4n) is 8.73. The van der Waals surface area contributed by atoms with Crippen molar-refractivity contribution < 1.29 is 99.3 Å². The topological polar surface area (TPSA) is 513 Å². The monoisotopic (exact) mass is 1130 g/mol. The van der Waals surface area contributed by atoms with E-state index in [0.717, 1.165) is 41.2 Å². The SMILES string of the molecule is COCC[C@H]1[C@@H](O)[C@H](n2c[n+](C)c3c(=O)[nH]c(N)nc32)O[C@@H]1COP(=O)(O)NP(=O)(O)OP(=O)(O)OCC1O[C@@H](n2cnc3c(N)ncnc32)[C@H](OC)[C@@H]1P(=O)([O-])OC[C@H]1O[C@@H](n2ccc(=O)[nH]c2=O)[C@H](O)[C@@H]1O. The molecule has 0 saturated carbocycles. The molecule has 16 atom stereocenters. The van der Waals surface area contributed by atoms with E-state index < -0.39 is 141 Å². The minimum absolute atomic E-state index is 0.00112. The third kappa shape index (κ3) is 11.4. The number of anilines is 2. The third-order valence-corrected chi connectivity index (χ3v) is 18.6. The summed E-state index contributed by atoms with van der Waals surface area (Å²) >= 11 is 0. The van der Waals surface area contributed by atoms with Crippen molar-refractivity contribution in [1.82, 2.24) is 48.5 Å². The second-order valence-corrected chi connectivity index (χ2v) is 23.7. The Morgan fingerprint density at radius 2 is 1.50 bits per heavy atom. The Hall–Kier alpha value is -4.58. The summed E-state index contributed by atoms with van der Waals surface area (Å²) in [5.41, 5.74) is 7.24. The smallest absolute Gasteiger partial charge is 0.480 e. The zero-order valence-corrected chi connectivity index (χ0v) is 42.1. The average Bonchev–Trinajstić information content (AvgIpc) is 4.12. The molecule has 13 N–H and O–H groups in total. The fraction of sp³-hybridized carbons (Fsp3) is 0.588. The highest BCUT2D eigenvalue weighted by Crippen LogP contribution is 2.63. The molecule has 0 aromatic carbocycles. The molecule has 8 heterocycles. The number of nitrogens with two attached hydrogens (primary N) is 2. The van der Waals surface area contributed by atoms with Crippen LogP contribution in [0.2, 0.25) is 0 Å². The van der Waals surface area contributed by atoms with E-state index in [0.29, 0.717) is 0 Å². The molecule has 0 radical (unpaired) electrons. The van der Waals surface area contributed by atoms with Gasteiger partial charge in [0.2, 0.25) is 18.5 Å². The highest BCUT2D eigenvalue weighted by molar-refractivity contribution is 7.71. The number of nitrogens with one attached hydrogen (secondary N) is 3. The second-order valence-electron chi connectivity index (χ2n) is 16.8. The number of H-pyrrole nitrogens is 2. The van der Waals surface area contributed by atoms with Crippen LogP contribution in [-0.4, -0.2) is 163 Å². The molecule has 40 heteroatoms. The summed E-state index contributed by atoms with van der Waals surface area (Å²) in [7, 11) is -19.0. The van der Waals surface area contributed by atoms with Gasteiger partial charge in [0.1, 0.15) is 50.0 Å². The summed E-state index contributed by atoms with van der Waals surface area (Å²) < 4.78 is 106. The number of aliphatic hydroxyl groups is 3. The lowest BCUT2D eigenvalue weighted by molar-refractivity contribution is -0.646. The average molecular weight is 1130 g/mol. The van der Waals surface area contributed by atoms with Gasteiger partial charge in [0, 0.05) is 39.0 Å². The second kappa shape index (κ2) is 21.4. The number of aromatic amines is 2. The molecule has 0 spiro atoms. The molecular formula is C34H49N13O23P4. The Kier molecular flexibility index (Phi) is 16.1. The van der Waals surface area contributed by atoms with Gasteiger partial charge in [-0.15, -0.1) is 4.86 Å². The van der Waals surface area contributed by atoms with Crippen LogP contribution < -0.4 is 42.6 Å². The molecule has 74 heavy (non-hydrogen) atoms. The lowest BCUT2D eigenvalue weighted by atomic mass is 9.95. The predicted octanol–water partition coefficient (Wildman–Crippen LogP) is -4.57. The molecule has 0 amide bonds. The molecule has 3 fully saturated rings. The van der Waals surface area contributed by atoms with E-state index in [2.05, 4.69) is 29.2 Å². The maximum absolute atomic E-state index is 14.2. The first-order chi connectivity index (χ1) is 34.7. The van der Waals surface area contributed by atoms with E-state index in [9.17, 15) is 67.5 Å². The van der Waals surface area contributed by atoms with Gasteiger partial charge in [-0.05, 0) is 6.42 Å². The number of ether oxygens (including phenoxy) is 5. The number of methoxy groups -OCH3 is 2. The first-order valence-electron chi connectivity index (χ1n) is 21.5. The zero-order valence-electron chi connectivity index (χ0n) is 38.5. The molecule has 3 aliphatic rings. The highest BCUT2D eigenvalue weighted by Gasteiger charge is 2.54. The van der Waals surface area contributed by atoms with Gasteiger partial charge in [-0.2, -0.15) is 13.9 Å². The minimum atomic E-state index is -5.95. The van der Waals surface area contributed by atoms with Crippen molar-refractivity contribution in [2.24, 2.45) is 13.0 Å². The maximum atomic E-state index is 14.2. The molecule has 36 nitrogen and oxygen atoms in total. The summed E-state index contributed by atoms with van der Waals surface area (Å²) in [6.07, 6.45) is -11.6. The van der Waals surface area contributed by atoms with E-state index in [1.807, 2.05) is 4.98 Å². The number of phosphoric ester groups is 1. The van der Waals surface area contributed by atoms with Crippen LogP contribution in [0.5, 0.6) is 0 Å². The fourth-order valence-corrected chi connectivity index (χ4v) is 14.4. The van der Waals surface area contributed by atoms with Crippen molar-refractivity contribution in [2.45, 2.75) is 73.5 Å². The summed E-state index contributed by atoms with van der Waals surface area (Å²) in [4.78, 5) is 104. The number of aliphatic hydroxyl groups excluding tert-OH is 3. The summed E-state index contributed by atoms with van der Waals surface area (Å²) in [6.45, 7) is -3.19. The van der Waals surface area contributed by atoms with Gasteiger partial charge in [-0.25, -0.2) is 38.0 Å². The Morgan fingerprint density at radius 1 is 0.824 bits per heavy atom. The lowest BCUT2D eigenvalue weighted by Gasteiger charge is -2.35. The Morgan fingerprint density at radius 3 is 2.20 bits per heavy atom. The standard InChI is InChI=1S/C34H49N13O23P4/c1-44-13-47(28-20(44)29(52)42-33(36)41-28)30-21(49)14(5-7-62-2)15(67-30)8-65-72(56,57)43-73(58,59)70-74(60,61)66-10-17-25(24(63-3)32(69-17)46-12-39-19-26(35)37-11-38-27(19)46)71(54,55)64-9-16-22(50)23(51)31(68-16)45-6-4-18(48)40-34(45)53/h4,6,11-17,21-25,30-32,49-51H,5,7-10H2,1-3H3,(H10-,35,36,37,38,40,41,42,43,48,52,53,54,55,56,57,58,59,60,61)/t14-,15-,16-,17?,21-,22-,23-,24-,25-,30-,31-,32-/m1/s1. The number of nitrogens with zero attached hydrogens (tertiary/aromatic N) is 8. The number of nitrogen functional groups attached to an aromatic ring is 2. The van der Waals surface area contributed by atoms with E-state index in [-0.39, 0.29) is 47.1 Å².